The van der Waals surface area contributed by atoms with Crippen molar-refractivity contribution in [2.24, 2.45) is 0 Å². The Balaban J connectivity index is 1.50. The number of furan rings is 1. The first-order valence-corrected chi connectivity index (χ1v) is 13.4. The Bertz CT molecular complexity index is 1570. The number of H-pyrrole nitrogens is 1. The predicted octanol–water partition coefficient (Wildman–Crippen LogP) is 4.04. The molecule has 1 aromatic carbocycles. The summed E-state index contributed by atoms with van der Waals surface area (Å²) in [5, 5.41) is 13.8. The van der Waals surface area contributed by atoms with Gasteiger partial charge < -0.3 is 14.1 Å². The van der Waals surface area contributed by atoms with E-state index in [-0.39, 0.29) is 11.7 Å². The van der Waals surface area contributed by atoms with Crippen molar-refractivity contribution in [1.82, 2.24) is 35.1 Å². The second-order valence-electron chi connectivity index (χ2n) is 9.93. The smallest absolute Gasteiger partial charge is 0.253 e. The number of aromatic amines is 1. The summed E-state index contributed by atoms with van der Waals surface area (Å²) >= 11 is 0. The Labute approximate surface area is 225 Å². The lowest BCUT2D eigenvalue weighted by molar-refractivity contribution is 0.0901. The summed E-state index contributed by atoms with van der Waals surface area (Å²) in [6, 6.07) is 15.3. The number of tetrazole rings is 1. The van der Waals surface area contributed by atoms with E-state index in [1.807, 2.05) is 48.7 Å². The maximum atomic E-state index is 13.7. The van der Waals surface area contributed by atoms with Crippen LogP contribution in [0.5, 0.6) is 0 Å². The monoisotopic (exact) mass is 525 g/mol. The largest absolute Gasteiger partial charge is 0.468 e. The number of hydrogen-bond donors (Lipinski definition) is 1. The van der Waals surface area contributed by atoms with Gasteiger partial charge in [-0.05, 0) is 82.6 Å². The third kappa shape index (κ3) is 5.52. The summed E-state index contributed by atoms with van der Waals surface area (Å²) < 4.78 is 13.4. The van der Waals surface area contributed by atoms with Crippen molar-refractivity contribution >= 4 is 10.9 Å². The van der Waals surface area contributed by atoms with E-state index in [1.165, 1.54) is 5.56 Å². The molecule has 1 saturated heterocycles. The topological polar surface area (TPSA) is 115 Å². The fourth-order valence-electron chi connectivity index (χ4n) is 5.28. The van der Waals surface area contributed by atoms with E-state index >= 15 is 0 Å². The average Bonchev–Trinajstić information content (AvgIpc) is 3.75. The van der Waals surface area contributed by atoms with Gasteiger partial charge in [0, 0.05) is 36.6 Å². The van der Waals surface area contributed by atoms with Crippen molar-refractivity contribution in [3.63, 3.8) is 0 Å². The molecule has 0 aliphatic carbocycles. The van der Waals surface area contributed by atoms with Gasteiger partial charge in [0.1, 0.15) is 11.8 Å². The van der Waals surface area contributed by atoms with Crippen LogP contribution >= 0.6 is 0 Å². The average molecular weight is 526 g/mol. The van der Waals surface area contributed by atoms with E-state index in [1.54, 1.807) is 17.1 Å². The van der Waals surface area contributed by atoms with E-state index in [9.17, 15) is 4.79 Å². The van der Waals surface area contributed by atoms with Crippen LogP contribution in [0.2, 0.25) is 0 Å². The second-order valence-corrected chi connectivity index (χ2v) is 9.93. The molecule has 39 heavy (non-hydrogen) atoms. The maximum absolute atomic E-state index is 13.7. The SMILES string of the molecule is CCc1ccc2[nH]c(=O)c([C@@H](c3nnnn3C[C@H]3CCCO3)N(Cc3cccnc3)Cc3ccco3)cc2c1. The van der Waals surface area contributed by atoms with Gasteiger partial charge in [-0.15, -0.1) is 5.10 Å². The quantitative estimate of drug-likeness (QED) is 0.291. The highest BCUT2D eigenvalue weighted by Gasteiger charge is 2.32. The first kappa shape index (κ1) is 25.1. The zero-order chi connectivity index (χ0) is 26.6. The molecule has 200 valence electrons. The van der Waals surface area contributed by atoms with Gasteiger partial charge in [-0.2, -0.15) is 0 Å². The molecule has 10 heteroatoms. The Hall–Kier alpha value is -4.15. The van der Waals surface area contributed by atoms with Crippen LogP contribution in [0.1, 0.15) is 54.1 Å². The molecule has 2 atom stereocenters. The fourth-order valence-corrected chi connectivity index (χ4v) is 5.28. The van der Waals surface area contributed by atoms with Crippen molar-refractivity contribution < 1.29 is 9.15 Å². The number of nitrogens with one attached hydrogen (secondary N) is 1. The number of fused-ring (bicyclic) bond motifs is 1. The Morgan fingerprint density at radius 3 is 2.87 bits per heavy atom. The molecular weight excluding hydrogens is 494 g/mol. The molecule has 0 spiro atoms. The van der Waals surface area contributed by atoms with Gasteiger partial charge in [0.2, 0.25) is 0 Å². The van der Waals surface area contributed by atoms with E-state index in [2.05, 4.69) is 43.4 Å². The summed E-state index contributed by atoms with van der Waals surface area (Å²) in [6.07, 6.45) is 8.14. The molecule has 4 aromatic heterocycles. The predicted molar refractivity (Wildman–Crippen MR) is 145 cm³/mol. The van der Waals surface area contributed by atoms with E-state index in [4.69, 9.17) is 9.15 Å². The van der Waals surface area contributed by atoms with Crippen LogP contribution in [0.4, 0.5) is 0 Å². The normalized spacial score (nSPS) is 16.3. The van der Waals surface area contributed by atoms with Crippen molar-refractivity contribution in [3.05, 3.63) is 106 Å². The lowest BCUT2D eigenvalue weighted by Crippen LogP contribution is -2.35. The number of rotatable bonds is 10. The zero-order valence-corrected chi connectivity index (χ0v) is 21.9. The molecule has 0 bridgehead atoms. The van der Waals surface area contributed by atoms with Gasteiger partial charge in [-0.3, -0.25) is 14.7 Å². The highest BCUT2D eigenvalue weighted by molar-refractivity contribution is 5.80. The molecule has 6 rings (SSSR count). The molecule has 5 aromatic rings. The van der Waals surface area contributed by atoms with Gasteiger partial charge in [0.05, 0.1) is 25.5 Å². The Morgan fingerprint density at radius 1 is 1.15 bits per heavy atom. The molecule has 1 N–H and O–H groups in total. The van der Waals surface area contributed by atoms with Crippen molar-refractivity contribution in [3.8, 4) is 0 Å². The van der Waals surface area contributed by atoms with Crippen LogP contribution in [0.3, 0.4) is 0 Å². The maximum Gasteiger partial charge on any atom is 0.253 e. The molecule has 0 saturated carbocycles. The van der Waals surface area contributed by atoms with E-state index in [0.717, 1.165) is 48.1 Å². The lowest BCUT2D eigenvalue weighted by Gasteiger charge is -2.30. The zero-order valence-electron chi connectivity index (χ0n) is 21.9. The highest BCUT2D eigenvalue weighted by atomic mass is 16.5. The number of hydrogen-bond acceptors (Lipinski definition) is 8. The van der Waals surface area contributed by atoms with E-state index in [0.29, 0.717) is 31.0 Å². The third-order valence-electron chi connectivity index (χ3n) is 7.26. The highest BCUT2D eigenvalue weighted by Crippen LogP contribution is 2.31. The summed E-state index contributed by atoms with van der Waals surface area (Å²) in [6.45, 7) is 4.31. The molecule has 1 aliphatic heterocycles. The van der Waals surface area contributed by atoms with Crippen LogP contribution in [0.15, 0.2) is 76.4 Å². The number of ether oxygens (including phenoxy) is 1. The molecule has 1 fully saturated rings. The van der Waals surface area contributed by atoms with Gasteiger partial charge in [-0.1, -0.05) is 19.1 Å². The third-order valence-corrected chi connectivity index (χ3v) is 7.26. The summed E-state index contributed by atoms with van der Waals surface area (Å²) in [5.74, 6) is 1.35. The molecule has 0 amide bonds. The van der Waals surface area contributed by atoms with Crippen molar-refractivity contribution in [1.29, 1.82) is 0 Å². The number of nitrogens with zero attached hydrogens (tertiary/aromatic N) is 6. The number of aromatic nitrogens is 6. The summed E-state index contributed by atoms with van der Waals surface area (Å²) in [5.41, 5.74) is 3.37. The minimum atomic E-state index is -0.565. The second kappa shape index (κ2) is 11.3. The number of benzene rings is 1. The van der Waals surface area contributed by atoms with Gasteiger partial charge in [-0.25, -0.2) is 4.68 Å². The molecule has 1 aliphatic rings. The molecule has 0 radical (unpaired) electrons. The van der Waals surface area contributed by atoms with Crippen LogP contribution in [-0.4, -0.2) is 47.8 Å². The Kier molecular flexibility index (Phi) is 7.29. The van der Waals surface area contributed by atoms with Crippen LogP contribution < -0.4 is 5.56 Å². The van der Waals surface area contributed by atoms with Crippen LogP contribution in [0.25, 0.3) is 10.9 Å². The minimum Gasteiger partial charge on any atom is -0.468 e. The van der Waals surface area contributed by atoms with Gasteiger partial charge in [0.15, 0.2) is 5.82 Å². The van der Waals surface area contributed by atoms with Gasteiger partial charge >= 0.3 is 0 Å². The number of aryl methyl sites for hydroxylation is 1. The molecule has 5 heterocycles. The van der Waals surface area contributed by atoms with Gasteiger partial charge in [0.25, 0.3) is 5.56 Å². The van der Waals surface area contributed by atoms with Crippen LogP contribution in [0, 0.1) is 0 Å². The van der Waals surface area contributed by atoms with Crippen LogP contribution in [-0.2, 0) is 30.8 Å². The first-order valence-electron chi connectivity index (χ1n) is 13.4. The standard InChI is InChI=1S/C29H31N7O3/c1-2-20-9-10-26-22(14-20)15-25(29(37)31-26)27(28-32-33-34-36(28)19-24-8-5-13-39-24)35(18-23-7-4-12-38-23)17-21-6-3-11-30-16-21/h3-4,6-7,9-12,14-16,24,27H,2,5,8,13,17-19H2,1H3,(H,31,37)/t24-,27+/m1/s1. The minimum absolute atomic E-state index is 0.0340. The lowest BCUT2D eigenvalue weighted by atomic mass is 10.0. The number of pyridine rings is 2. The Morgan fingerprint density at radius 2 is 2.10 bits per heavy atom. The van der Waals surface area contributed by atoms with Crippen molar-refractivity contribution in [2.45, 2.75) is 58.0 Å². The first-order chi connectivity index (χ1) is 19.2. The summed E-state index contributed by atoms with van der Waals surface area (Å²) in [4.78, 5) is 23.3. The molecule has 10 nitrogen and oxygen atoms in total. The van der Waals surface area contributed by atoms with Crippen molar-refractivity contribution in [2.75, 3.05) is 6.61 Å². The molecule has 0 unspecified atom stereocenters. The fraction of sp³-hybridized carbons (Fsp3) is 0.345. The summed E-state index contributed by atoms with van der Waals surface area (Å²) in [7, 11) is 0. The van der Waals surface area contributed by atoms with E-state index < -0.39 is 6.04 Å². The molecular formula is C29H31N7O3.